The highest BCUT2D eigenvalue weighted by atomic mass is 35.5. The summed E-state index contributed by atoms with van der Waals surface area (Å²) in [7, 11) is 0. The molecule has 3 nitrogen and oxygen atoms in total. The number of benzene rings is 1. The van der Waals surface area contributed by atoms with Gasteiger partial charge in [-0.25, -0.2) is 0 Å². The first-order valence-electron chi connectivity index (χ1n) is 6.00. The minimum absolute atomic E-state index is 0.0901. The van der Waals surface area contributed by atoms with Gasteiger partial charge in [-0.15, -0.1) is 10.2 Å². The molecular weight excluding hydrogens is 281 g/mol. The second-order valence-electron chi connectivity index (χ2n) is 4.51. The molecule has 1 aromatic carbocycles. The van der Waals surface area contributed by atoms with Crippen molar-refractivity contribution in [2.75, 3.05) is 5.32 Å². The van der Waals surface area contributed by atoms with Crippen molar-refractivity contribution in [2.24, 2.45) is 0 Å². The Morgan fingerprint density at radius 2 is 1.84 bits per heavy atom. The van der Waals surface area contributed by atoms with Crippen LogP contribution in [0.15, 0.2) is 24.3 Å². The molecule has 100 valence electrons. The van der Waals surface area contributed by atoms with Gasteiger partial charge in [0, 0.05) is 5.02 Å². The van der Waals surface area contributed by atoms with E-state index in [9.17, 15) is 0 Å². The van der Waals surface area contributed by atoms with Crippen LogP contribution in [0, 0.1) is 13.8 Å². The van der Waals surface area contributed by atoms with Crippen molar-refractivity contribution >= 4 is 29.0 Å². The molecule has 2 aromatic rings. The smallest absolute Gasteiger partial charge is 0.155 e. The Kier molecular flexibility index (Phi) is 4.27. The van der Waals surface area contributed by atoms with E-state index < -0.39 is 0 Å². The summed E-state index contributed by atoms with van der Waals surface area (Å²) in [4.78, 5) is 0. The summed E-state index contributed by atoms with van der Waals surface area (Å²) in [5.74, 6) is 0.745. The quantitative estimate of drug-likeness (QED) is 0.901. The van der Waals surface area contributed by atoms with Crippen LogP contribution < -0.4 is 5.32 Å². The Labute approximate surface area is 123 Å². The Bertz CT molecular complexity index is 599. The molecule has 5 heteroatoms. The topological polar surface area (TPSA) is 37.8 Å². The third-order valence-corrected chi connectivity index (χ3v) is 3.76. The zero-order chi connectivity index (χ0) is 14.0. The van der Waals surface area contributed by atoms with E-state index in [1.54, 1.807) is 0 Å². The van der Waals surface area contributed by atoms with Crippen LogP contribution in [0.5, 0.6) is 0 Å². The zero-order valence-corrected chi connectivity index (χ0v) is 12.5. The van der Waals surface area contributed by atoms with Crippen LogP contribution in [0.1, 0.15) is 29.7 Å². The van der Waals surface area contributed by atoms with E-state index in [4.69, 9.17) is 23.2 Å². The Hall–Kier alpha value is -1.32. The lowest BCUT2D eigenvalue weighted by molar-refractivity contribution is 0.853. The molecule has 0 spiro atoms. The number of nitrogens with zero attached hydrogens (tertiary/aromatic N) is 2. The minimum atomic E-state index is 0.0901. The van der Waals surface area contributed by atoms with Gasteiger partial charge in [-0.2, -0.15) is 0 Å². The molecule has 0 amide bonds. The predicted octanol–water partition coefficient (Wildman–Crippen LogP) is 4.57. The summed E-state index contributed by atoms with van der Waals surface area (Å²) in [6.45, 7) is 5.96. The fraction of sp³-hybridized carbons (Fsp3) is 0.286. The van der Waals surface area contributed by atoms with E-state index in [2.05, 4.69) is 22.4 Å². The van der Waals surface area contributed by atoms with Crippen molar-refractivity contribution in [1.82, 2.24) is 10.2 Å². The van der Waals surface area contributed by atoms with E-state index in [1.807, 2.05) is 38.1 Å². The molecule has 1 unspecified atom stereocenters. The first kappa shape index (κ1) is 14.1. The molecule has 0 aliphatic carbocycles. The first-order valence-corrected chi connectivity index (χ1v) is 6.76. The highest BCUT2D eigenvalue weighted by molar-refractivity contribution is 6.30. The van der Waals surface area contributed by atoms with Gasteiger partial charge in [0.15, 0.2) is 11.0 Å². The van der Waals surface area contributed by atoms with Crippen molar-refractivity contribution in [3.8, 4) is 0 Å². The van der Waals surface area contributed by atoms with Gasteiger partial charge >= 0.3 is 0 Å². The third-order valence-electron chi connectivity index (χ3n) is 3.17. The standard InChI is InChI=1S/C14H15Cl2N3/c1-8-9(2)14(19-18-13(8)16)17-10(3)11-5-4-6-12(15)7-11/h4-7,10H,1-3H3,(H,17,19). The maximum Gasteiger partial charge on any atom is 0.155 e. The van der Waals surface area contributed by atoms with Crippen LogP contribution in [0.4, 0.5) is 5.82 Å². The lowest BCUT2D eigenvalue weighted by Gasteiger charge is -2.17. The van der Waals surface area contributed by atoms with Crippen molar-refractivity contribution in [3.05, 3.63) is 51.1 Å². The van der Waals surface area contributed by atoms with Gasteiger partial charge in [-0.1, -0.05) is 35.3 Å². The molecule has 0 aliphatic rings. The summed E-state index contributed by atoms with van der Waals surface area (Å²) in [5, 5.41) is 12.5. The largest absolute Gasteiger partial charge is 0.362 e. The lowest BCUT2D eigenvalue weighted by atomic mass is 10.1. The molecule has 19 heavy (non-hydrogen) atoms. The van der Waals surface area contributed by atoms with E-state index in [1.165, 1.54) is 0 Å². The molecule has 0 saturated carbocycles. The van der Waals surface area contributed by atoms with Crippen LogP contribution >= 0.6 is 23.2 Å². The van der Waals surface area contributed by atoms with Gasteiger partial charge < -0.3 is 5.32 Å². The summed E-state index contributed by atoms with van der Waals surface area (Å²) in [6, 6.07) is 7.84. The van der Waals surface area contributed by atoms with Gasteiger partial charge in [0.05, 0.1) is 6.04 Å². The highest BCUT2D eigenvalue weighted by Gasteiger charge is 2.12. The average molecular weight is 296 g/mol. The lowest BCUT2D eigenvalue weighted by Crippen LogP contribution is -2.10. The number of aromatic nitrogens is 2. The van der Waals surface area contributed by atoms with Crippen LogP contribution in [-0.4, -0.2) is 10.2 Å². The van der Waals surface area contributed by atoms with Gasteiger partial charge in [0.1, 0.15) is 0 Å². The van der Waals surface area contributed by atoms with Gasteiger partial charge in [0.25, 0.3) is 0 Å². The van der Waals surface area contributed by atoms with Crippen molar-refractivity contribution < 1.29 is 0 Å². The number of halogens is 2. The van der Waals surface area contributed by atoms with E-state index in [-0.39, 0.29) is 6.04 Å². The third kappa shape index (κ3) is 3.17. The van der Waals surface area contributed by atoms with Crippen LogP contribution in [0.25, 0.3) is 0 Å². The van der Waals surface area contributed by atoms with E-state index >= 15 is 0 Å². The minimum Gasteiger partial charge on any atom is -0.362 e. The maximum atomic E-state index is 6.00. The summed E-state index contributed by atoms with van der Waals surface area (Å²) in [6.07, 6.45) is 0. The molecule has 1 N–H and O–H groups in total. The maximum absolute atomic E-state index is 6.00. The van der Waals surface area contributed by atoms with Crippen molar-refractivity contribution in [1.29, 1.82) is 0 Å². The fourth-order valence-corrected chi connectivity index (χ4v) is 2.16. The number of anilines is 1. The fourth-order valence-electron chi connectivity index (χ4n) is 1.78. The summed E-state index contributed by atoms with van der Waals surface area (Å²) < 4.78 is 0. The second-order valence-corrected chi connectivity index (χ2v) is 5.30. The molecule has 1 heterocycles. The Morgan fingerprint density at radius 3 is 2.53 bits per heavy atom. The SMILES string of the molecule is Cc1c(Cl)nnc(NC(C)c2cccc(Cl)c2)c1C. The van der Waals surface area contributed by atoms with Gasteiger partial charge in [-0.3, -0.25) is 0 Å². The van der Waals surface area contributed by atoms with Crippen molar-refractivity contribution in [2.45, 2.75) is 26.8 Å². The molecule has 2 rings (SSSR count). The zero-order valence-electron chi connectivity index (χ0n) is 11.0. The Balaban J connectivity index is 2.24. The monoisotopic (exact) mass is 295 g/mol. The van der Waals surface area contributed by atoms with Gasteiger partial charge in [-0.05, 0) is 49.6 Å². The molecule has 0 radical (unpaired) electrons. The summed E-state index contributed by atoms with van der Waals surface area (Å²) >= 11 is 11.9. The summed E-state index contributed by atoms with van der Waals surface area (Å²) in [5.41, 5.74) is 3.05. The number of hydrogen-bond acceptors (Lipinski definition) is 3. The Morgan fingerprint density at radius 1 is 1.11 bits per heavy atom. The van der Waals surface area contributed by atoms with Crippen LogP contribution in [0.2, 0.25) is 10.2 Å². The predicted molar refractivity (Wildman–Crippen MR) is 80.0 cm³/mol. The normalized spacial score (nSPS) is 12.3. The van der Waals surface area contributed by atoms with E-state index in [0.717, 1.165) is 27.5 Å². The van der Waals surface area contributed by atoms with Gasteiger partial charge in [0.2, 0.25) is 0 Å². The first-order chi connectivity index (χ1) is 8.99. The molecular formula is C14H15Cl2N3. The highest BCUT2D eigenvalue weighted by Crippen LogP contribution is 2.25. The molecule has 1 atom stereocenters. The molecule has 0 bridgehead atoms. The molecule has 0 fully saturated rings. The molecule has 0 saturated heterocycles. The van der Waals surface area contributed by atoms with Crippen molar-refractivity contribution in [3.63, 3.8) is 0 Å². The van der Waals surface area contributed by atoms with Crippen LogP contribution in [-0.2, 0) is 0 Å². The van der Waals surface area contributed by atoms with E-state index in [0.29, 0.717) is 5.15 Å². The second kappa shape index (κ2) is 5.76. The number of rotatable bonds is 3. The van der Waals surface area contributed by atoms with Crippen LogP contribution in [0.3, 0.4) is 0 Å². The average Bonchev–Trinajstić information content (AvgIpc) is 2.39. The molecule has 1 aromatic heterocycles. The molecule has 0 aliphatic heterocycles. The number of hydrogen-bond donors (Lipinski definition) is 1. The number of nitrogens with one attached hydrogen (secondary N) is 1.